The standard InChI is InChI=1S/C20H21NO8/c1-25-18-16(22)20(27-14-9-7-13(8-10-14)21(23)24)28-15-11-26-19(29-17(15)18)12-5-3-2-4-6-12/h2-10,15-20,22H,11H2,1H3/t15-,16-,17+,18-,19?,20-/m1/s1. The highest BCUT2D eigenvalue weighted by Gasteiger charge is 2.50. The largest absolute Gasteiger partial charge is 0.462 e. The Hall–Kier alpha value is -2.56. The molecule has 1 unspecified atom stereocenters. The molecule has 0 saturated carbocycles. The molecule has 2 aliphatic rings. The molecule has 2 aromatic rings. The van der Waals surface area contributed by atoms with E-state index in [1.807, 2.05) is 30.3 Å². The summed E-state index contributed by atoms with van der Waals surface area (Å²) in [5.41, 5.74) is 0.804. The van der Waals surface area contributed by atoms with Gasteiger partial charge in [-0.15, -0.1) is 0 Å². The van der Waals surface area contributed by atoms with E-state index in [-0.39, 0.29) is 12.3 Å². The minimum Gasteiger partial charge on any atom is -0.462 e. The Kier molecular flexibility index (Phi) is 5.74. The van der Waals surface area contributed by atoms with Gasteiger partial charge in [0.05, 0.1) is 11.5 Å². The van der Waals surface area contributed by atoms with Crippen LogP contribution in [0.1, 0.15) is 11.9 Å². The molecule has 1 N–H and O–H groups in total. The molecule has 4 rings (SSSR count). The molecule has 0 aromatic heterocycles. The van der Waals surface area contributed by atoms with Gasteiger partial charge in [0, 0.05) is 24.8 Å². The molecule has 2 aliphatic heterocycles. The van der Waals surface area contributed by atoms with E-state index >= 15 is 0 Å². The van der Waals surface area contributed by atoms with Gasteiger partial charge in [0.2, 0.25) is 6.29 Å². The van der Waals surface area contributed by atoms with E-state index < -0.39 is 41.9 Å². The smallest absolute Gasteiger partial charge is 0.269 e. The minimum atomic E-state index is -1.13. The van der Waals surface area contributed by atoms with E-state index in [0.717, 1.165) is 5.56 Å². The molecule has 0 bridgehead atoms. The highest BCUT2D eigenvalue weighted by molar-refractivity contribution is 5.36. The number of hydrogen-bond acceptors (Lipinski definition) is 8. The summed E-state index contributed by atoms with van der Waals surface area (Å²) in [5, 5.41) is 21.5. The van der Waals surface area contributed by atoms with Crippen molar-refractivity contribution in [1.82, 2.24) is 0 Å². The van der Waals surface area contributed by atoms with Crippen LogP contribution >= 0.6 is 0 Å². The molecule has 154 valence electrons. The maximum absolute atomic E-state index is 10.8. The Morgan fingerprint density at radius 2 is 1.83 bits per heavy atom. The van der Waals surface area contributed by atoms with Crippen molar-refractivity contribution >= 4 is 5.69 Å². The molecule has 9 nitrogen and oxygen atoms in total. The highest BCUT2D eigenvalue weighted by Crippen LogP contribution is 2.35. The minimum absolute atomic E-state index is 0.0571. The molecule has 6 atom stereocenters. The average Bonchev–Trinajstić information content (AvgIpc) is 2.75. The van der Waals surface area contributed by atoms with Crippen LogP contribution in [0.4, 0.5) is 5.69 Å². The third-order valence-corrected chi connectivity index (χ3v) is 4.95. The Morgan fingerprint density at radius 3 is 2.48 bits per heavy atom. The number of nitro benzene ring substituents is 1. The van der Waals surface area contributed by atoms with Crippen LogP contribution in [0.2, 0.25) is 0 Å². The van der Waals surface area contributed by atoms with Gasteiger partial charge in [-0.1, -0.05) is 30.3 Å². The monoisotopic (exact) mass is 403 g/mol. The van der Waals surface area contributed by atoms with Crippen LogP contribution < -0.4 is 4.74 Å². The molecule has 0 amide bonds. The zero-order valence-electron chi connectivity index (χ0n) is 15.6. The maximum Gasteiger partial charge on any atom is 0.269 e. The Bertz CT molecular complexity index is 830. The van der Waals surface area contributed by atoms with E-state index in [2.05, 4.69) is 0 Å². The summed E-state index contributed by atoms with van der Waals surface area (Å²) in [7, 11) is 1.48. The molecule has 0 aliphatic carbocycles. The fraction of sp³-hybridized carbons (Fsp3) is 0.400. The van der Waals surface area contributed by atoms with Crippen LogP contribution in [-0.2, 0) is 18.9 Å². The van der Waals surface area contributed by atoms with Gasteiger partial charge >= 0.3 is 0 Å². The second-order valence-corrected chi connectivity index (χ2v) is 6.78. The van der Waals surface area contributed by atoms with Gasteiger partial charge in [0.25, 0.3) is 5.69 Å². The van der Waals surface area contributed by atoms with Crippen molar-refractivity contribution in [2.45, 2.75) is 37.0 Å². The first kappa shape index (κ1) is 19.7. The van der Waals surface area contributed by atoms with Crippen LogP contribution in [0.3, 0.4) is 0 Å². The van der Waals surface area contributed by atoms with Crippen LogP contribution in [-0.4, -0.2) is 54.5 Å². The number of ether oxygens (including phenoxy) is 5. The van der Waals surface area contributed by atoms with Gasteiger partial charge in [-0.2, -0.15) is 0 Å². The number of nitro groups is 1. The van der Waals surface area contributed by atoms with Gasteiger partial charge in [0.15, 0.2) is 6.29 Å². The van der Waals surface area contributed by atoms with Crippen molar-refractivity contribution in [2.24, 2.45) is 0 Å². The van der Waals surface area contributed by atoms with Crippen molar-refractivity contribution in [3.8, 4) is 5.75 Å². The number of rotatable bonds is 5. The van der Waals surface area contributed by atoms with Crippen LogP contribution in [0.5, 0.6) is 5.75 Å². The molecule has 2 saturated heterocycles. The fourth-order valence-corrected chi connectivity index (χ4v) is 3.49. The first-order chi connectivity index (χ1) is 14.1. The first-order valence-corrected chi connectivity index (χ1v) is 9.16. The lowest BCUT2D eigenvalue weighted by Crippen LogP contribution is -2.63. The quantitative estimate of drug-likeness (QED) is 0.598. The van der Waals surface area contributed by atoms with Crippen molar-refractivity contribution in [3.63, 3.8) is 0 Å². The number of nitrogens with zero attached hydrogens (tertiary/aromatic N) is 1. The normalized spacial score (nSPS) is 31.7. The van der Waals surface area contributed by atoms with Gasteiger partial charge in [0.1, 0.15) is 30.2 Å². The molecule has 2 heterocycles. The topological polar surface area (TPSA) is 110 Å². The van der Waals surface area contributed by atoms with Gasteiger partial charge in [-0.25, -0.2) is 0 Å². The number of non-ortho nitro benzene ring substituents is 1. The zero-order chi connectivity index (χ0) is 20.4. The number of fused-ring (bicyclic) bond motifs is 1. The SMILES string of the molecule is CO[C@@H]1[C@@H](O)[C@H](Oc2ccc([N+](=O)[O-])cc2)O[C@@H]2COC(c3ccccc3)O[C@H]12. The zero-order valence-corrected chi connectivity index (χ0v) is 15.6. The summed E-state index contributed by atoms with van der Waals surface area (Å²) in [6, 6.07) is 15.0. The number of hydrogen-bond donors (Lipinski definition) is 1. The van der Waals surface area contributed by atoms with Crippen LogP contribution in [0.15, 0.2) is 54.6 Å². The summed E-state index contributed by atoms with van der Waals surface area (Å²) < 4.78 is 28.9. The van der Waals surface area contributed by atoms with Crippen LogP contribution in [0.25, 0.3) is 0 Å². The van der Waals surface area contributed by atoms with E-state index in [1.165, 1.54) is 31.4 Å². The van der Waals surface area contributed by atoms with E-state index in [9.17, 15) is 15.2 Å². The summed E-state index contributed by atoms with van der Waals surface area (Å²) >= 11 is 0. The van der Waals surface area contributed by atoms with E-state index in [1.54, 1.807) is 0 Å². The number of aliphatic hydroxyl groups excluding tert-OH is 1. The third-order valence-electron chi connectivity index (χ3n) is 4.95. The van der Waals surface area contributed by atoms with Gasteiger partial charge in [-0.3, -0.25) is 10.1 Å². The van der Waals surface area contributed by atoms with Crippen molar-refractivity contribution < 1.29 is 33.7 Å². The lowest BCUT2D eigenvalue weighted by molar-refractivity contribution is -0.384. The molecule has 0 radical (unpaired) electrons. The summed E-state index contributed by atoms with van der Waals surface area (Å²) in [6.45, 7) is 0.233. The average molecular weight is 403 g/mol. The predicted octanol–water partition coefficient (Wildman–Crippen LogP) is 2.19. The van der Waals surface area contributed by atoms with Crippen molar-refractivity contribution in [2.75, 3.05) is 13.7 Å². The molecular weight excluding hydrogens is 382 g/mol. The van der Waals surface area contributed by atoms with E-state index in [4.69, 9.17) is 23.7 Å². The first-order valence-electron chi connectivity index (χ1n) is 9.16. The maximum atomic E-state index is 10.8. The molecule has 2 fully saturated rings. The third kappa shape index (κ3) is 4.09. The lowest BCUT2D eigenvalue weighted by atomic mass is 9.97. The molecule has 2 aromatic carbocycles. The fourth-order valence-electron chi connectivity index (χ4n) is 3.49. The van der Waals surface area contributed by atoms with E-state index in [0.29, 0.717) is 5.75 Å². The van der Waals surface area contributed by atoms with Crippen LogP contribution in [0, 0.1) is 10.1 Å². The number of methoxy groups -OCH3 is 1. The van der Waals surface area contributed by atoms with Crippen molar-refractivity contribution in [3.05, 3.63) is 70.3 Å². The summed E-state index contributed by atoms with van der Waals surface area (Å²) in [5.74, 6) is 0.327. The molecule has 9 heteroatoms. The molecule has 0 spiro atoms. The number of benzene rings is 2. The second kappa shape index (κ2) is 8.44. The highest BCUT2D eigenvalue weighted by atomic mass is 16.8. The Morgan fingerprint density at radius 1 is 1.10 bits per heavy atom. The summed E-state index contributed by atoms with van der Waals surface area (Å²) in [4.78, 5) is 10.3. The molecule has 29 heavy (non-hydrogen) atoms. The van der Waals surface area contributed by atoms with Crippen molar-refractivity contribution in [1.29, 1.82) is 0 Å². The summed E-state index contributed by atoms with van der Waals surface area (Å²) in [6.07, 6.45) is -4.52. The second-order valence-electron chi connectivity index (χ2n) is 6.78. The molecular formula is C20H21NO8. The van der Waals surface area contributed by atoms with Gasteiger partial charge < -0.3 is 28.8 Å². The number of aliphatic hydroxyl groups is 1. The lowest BCUT2D eigenvalue weighted by Gasteiger charge is -2.47. The Balaban J connectivity index is 1.47. The predicted molar refractivity (Wildman–Crippen MR) is 99.2 cm³/mol. The Labute approximate surface area is 166 Å². The van der Waals surface area contributed by atoms with Gasteiger partial charge in [-0.05, 0) is 12.1 Å².